The highest BCUT2D eigenvalue weighted by Gasteiger charge is 2.14. The second-order valence-corrected chi connectivity index (χ2v) is 6.97. The van der Waals surface area contributed by atoms with Crippen molar-refractivity contribution >= 4 is 34.0 Å². The topological polar surface area (TPSA) is 90.3 Å². The van der Waals surface area contributed by atoms with Crippen molar-refractivity contribution in [3.8, 4) is 0 Å². The van der Waals surface area contributed by atoms with E-state index in [9.17, 15) is 14.4 Å². The van der Waals surface area contributed by atoms with Gasteiger partial charge in [0, 0.05) is 23.9 Å². The van der Waals surface area contributed by atoms with Crippen LogP contribution in [0.2, 0.25) is 0 Å². The summed E-state index contributed by atoms with van der Waals surface area (Å²) in [6, 6.07) is 10.9. The molecule has 2 heterocycles. The molecule has 1 N–H and O–H groups in total. The Kier molecular flexibility index (Phi) is 5.97. The zero-order chi connectivity index (χ0) is 19.2. The molecular weight excluding hydrogens is 366 g/mol. The van der Waals surface area contributed by atoms with E-state index in [1.807, 2.05) is 17.5 Å². The van der Waals surface area contributed by atoms with Crippen LogP contribution in [0, 0.1) is 0 Å². The molecule has 7 nitrogen and oxygen atoms in total. The molecule has 2 aromatic heterocycles. The number of aryl methyl sites for hydroxylation is 1. The molecule has 140 valence electrons. The highest BCUT2D eigenvalue weighted by molar-refractivity contribution is 7.09. The van der Waals surface area contributed by atoms with Gasteiger partial charge in [-0.1, -0.05) is 24.3 Å². The summed E-state index contributed by atoms with van der Waals surface area (Å²) < 4.78 is 6.24. The highest BCUT2D eigenvalue weighted by atomic mass is 32.1. The molecule has 0 saturated heterocycles. The quantitative estimate of drug-likeness (QED) is 0.622. The Hall–Kier alpha value is -3.00. The lowest BCUT2D eigenvalue weighted by Crippen LogP contribution is -2.31. The molecule has 0 unspecified atom stereocenters. The number of carbonyl (C=O) groups excluding carboxylic acids is 2. The number of aromatic nitrogens is 2. The summed E-state index contributed by atoms with van der Waals surface area (Å²) in [5.74, 6) is -0.919. The summed E-state index contributed by atoms with van der Waals surface area (Å²) in [5, 5.41) is 9.95. The van der Waals surface area contributed by atoms with Crippen molar-refractivity contribution in [1.29, 1.82) is 0 Å². The molecule has 27 heavy (non-hydrogen) atoms. The van der Waals surface area contributed by atoms with Crippen LogP contribution in [0.5, 0.6) is 0 Å². The van der Waals surface area contributed by atoms with Gasteiger partial charge in [-0.2, -0.15) is 5.10 Å². The van der Waals surface area contributed by atoms with E-state index in [2.05, 4.69) is 10.4 Å². The van der Waals surface area contributed by atoms with Crippen LogP contribution in [0.4, 0.5) is 0 Å². The number of carbonyl (C=O) groups is 2. The van der Waals surface area contributed by atoms with Gasteiger partial charge in [0.1, 0.15) is 0 Å². The predicted octanol–water partition coefficient (Wildman–Crippen LogP) is 1.44. The largest absolute Gasteiger partial charge is 0.455 e. The van der Waals surface area contributed by atoms with E-state index in [1.54, 1.807) is 35.6 Å². The normalized spacial score (nSPS) is 10.7. The maximum atomic E-state index is 12.1. The molecule has 0 aliphatic carbocycles. The molecular formula is C19H19N3O4S. The molecule has 1 amide bonds. The number of nitrogens with zero attached hydrogens (tertiary/aromatic N) is 2. The Morgan fingerprint density at radius 1 is 1.19 bits per heavy atom. The monoisotopic (exact) mass is 385 g/mol. The summed E-state index contributed by atoms with van der Waals surface area (Å²) in [4.78, 5) is 37.2. The lowest BCUT2D eigenvalue weighted by Gasteiger charge is -2.09. The number of amides is 1. The summed E-state index contributed by atoms with van der Waals surface area (Å²) in [6.07, 6.45) is 0.627. The number of nitrogens with one attached hydrogen (secondary N) is 1. The van der Waals surface area contributed by atoms with E-state index in [1.165, 1.54) is 16.6 Å². The smallest absolute Gasteiger partial charge is 0.312 e. The summed E-state index contributed by atoms with van der Waals surface area (Å²) >= 11 is 1.63. The molecule has 1 aromatic carbocycles. The second kappa shape index (κ2) is 8.59. The van der Waals surface area contributed by atoms with Crippen LogP contribution in [0.3, 0.4) is 0 Å². The second-order valence-electron chi connectivity index (χ2n) is 5.94. The van der Waals surface area contributed by atoms with E-state index in [4.69, 9.17) is 4.74 Å². The van der Waals surface area contributed by atoms with Crippen molar-refractivity contribution in [2.45, 2.75) is 12.8 Å². The molecule has 0 saturated carbocycles. The van der Waals surface area contributed by atoms with Gasteiger partial charge in [-0.05, 0) is 23.9 Å². The number of hydrogen-bond acceptors (Lipinski definition) is 6. The molecule has 0 radical (unpaired) electrons. The number of fused-ring (bicyclic) bond motifs is 1. The minimum absolute atomic E-state index is 0.114. The lowest BCUT2D eigenvalue weighted by molar-refractivity contribution is -0.147. The van der Waals surface area contributed by atoms with E-state index >= 15 is 0 Å². The fraction of sp³-hybridized carbons (Fsp3) is 0.263. The Bertz CT molecular complexity index is 1010. The minimum atomic E-state index is -0.570. The van der Waals surface area contributed by atoms with E-state index < -0.39 is 5.97 Å². The number of esters is 1. The zero-order valence-corrected chi connectivity index (χ0v) is 15.6. The maximum absolute atomic E-state index is 12.1. The fourth-order valence-electron chi connectivity index (χ4n) is 2.67. The Morgan fingerprint density at radius 3 is 2.70 bits per heavy atom. The first-order valence-electron chi connectivity index (χ1n) is 8.44. The molecule has 8 heteroatoms. The molecule has 3 aromatic rings. The molecule has 0 spiro atoms. The fourth-order valence-corrected chi connectivity index (χ4v) is 3.38. The van der Waals surface area contributed by atoms with Crippen LogP contribution in [0.25, 0.3) is 10.8 Å². The van der Waals surface area contributed by atoms with Gasteiger partial charge in [0.2, 0.25) is 0 Å². The number of benzene rings is 1. The van der Waals surface area contributed by atoms with E-state index in [0.717, 1.165) is 6.42 Å². The zero-order valence-electron chi connectivity index (χ0n) is 14.8. The van der Waals surface area contributed by atoms with Gasteiger partial charge in [-0.15, -0.1) is 11.3 Å². The van der Waals surface area contributed by atoms with Crippen molar-refractivity contribution in [3.63, 3.8) is 0 Å². The van der Waals surface area contributed by atoms with Crippen LogP contribution in [-0.2, 0) is 34.2 Å². The Labute approximate surface area is 159 Å². The number of ether oxygens (including phenoxy) is 1. The van der Waals surface area contributed by atoms with Gasteiger partial charge >= 0.3 is 5.97 Å². The average Bonchev–Trinajstić information content (AvgIpc) is 3.18. The number of hydrogen-bond donors (Lipinski definition) is 1. The molecule has 3 rings (SSSR count). The lowest BCUT2D eigenvalue weighted by atomic mass is 10.1. The minimum Gasteiger partial charge on any atom is -0.455 e. The summed E-state index contributed by atoms with van der Waals surface area (Å²) in [5.41, 5.74) is 0.212. The third-order valence-electron chi connectivity index (χ3n) is 3.98. The Morgan fingerprint density at radius 2 is 1.96 bits per heavy atom. The maximum Gasteiger partial charge on any atom is 0.312 e. The average molecular weight is 385 g/mol. The standard InChI is InChI=1S/C19H19N3O4S/c1-22-19(25)15-7-3-2-6-14(15)16(21-22)11-18(24)26-12-17(23)20-9-8-13-5-4-10-27-13/h2-7,10H,8-9,11-12H2,1H3,(H,20,23). The van der Waals surface area contributed by atoms with Crippen molar-refractivity contribution < 1.29 is 14.3 Å². The highest BCUT2D eigenvalue weighted by Crippen LogP contribution is 2.13. The number of rotatable bonds is 7. The van der Waals surface area contributed by atoms with Gasteiger partial charge in [0.25, 0.3) is 11.5 Å². The Balaban J connectivity index is 1.53. The van der Waals surface area contributed by atoms with Crippen LogP contribution < -0.4 is 10.9 Å². The van der Waals surface area contributed by atoms with Crippen molar-refractivity contribution in [1.82, 2.24) is 15.1 Å². The summed E-state index contributed by atoms with van der Waals surface area (Å²) in [6.45, 7) is 0.150. The van der Waals surface area contributed by atoms with Crippen molar-refractivity contribution in [3.05, 3.63) is 62.7 Å². The summed E-state index contributed by atoms with van der Waals surface area (Å²) in [7, 11) is 1.53. The van der Waals surface area contributed by atoms with Gasteiger partial charge in [0.05, 0.1) is 17.5 Å². The first-order chi connectivity index (χ1) is 13.0. The van der Waals surface area contributed by atoms with E-state index in [-0.39, 0.29) is 24.5 Å². The molecule has 0 aliphatic rings. The molecule has 0 fully saturated rings. The van der Waals surface area contributed by atoms with Crippen LogP contribution in [0.1, 0.15) is 10.6 Å². The third kappa shape index (κ3) is 4.79. The van der Waals surface area contributed by atoms with E-state index in [0.29, 0.717) is 23.0 Å². The molecule has 0 aliphatic heterocycles. The van der Waals surface area contributed by atoms with Gasteiger partial charge in [-0.25, -0.2) is 4.68 Å². The SMILES string of the molecule is Cn1nc(CC(=O)OCC(=O)NCCc2cccs2)c2ccccc2c1=O. The molecule has 0 atom stereocenters. The van der Waals surface area contributed by atoms with Gasteiger partial charge in [0.15, 0.2) is 6.61 Å². The number of thiophene rings is 1. The van der Waals surface area contributed by atoms with Crippen LogP contribution in [0.15, 0.2) is 46.6 Å². The van der Waals surface area contributed by atoms with Gasteiger partial charge in [-0.3, -0.25) is 14.4 Å². The molecule has 0 bridgehead atoms. The van der Waals surface area contributed by atoms with Crippen molar-refractivity contribution in [2.24, 2.45) is 7.05 Å². The van der Waals surface area contributed by atoms with Crippen molar-refractivity contribution in [2.75, 3.05) is 13.2 Å². The first-order valence-corrected chi connectivity index (χ1v) is 9.32. The van der Waals surface area contributed by atoms with Gasteiger partial charge < -0.3 is 10.1 Å². The van der Waals surface area contributed by atoms with Crippen LogP contribution in [-0.4, -0.2) is 34.8 Å². The third-order valence-corrected chi connectivity index (χ3v) is 4.92. The van der Waals surface area contributed by atoms with Crippen LogP contribution >= 0.6 is 11.3 Å². The predicted molar refractivity (Wildman–Crippen MR) is 103 cm³/mol. The first kappa shape index (κ1) is 18.8.